The molecule has 0 aliphatic rings. The highest BCUT2D eigenvalue weighted by Gasteiger charge is 2.03. The van der Waals surface area contributed by atoms with E-state index in [9.17, 15) is 0 Å². The second-order valence-electron chi connectivity index (χ2n) is 2.71. The van der Waals surface area contributed by atoms with Gasteiger partial charge >= 0.3 is 0 Å². The Labute approximate surface area is 91.5 Å². The van der Waals surface area contributed by atoms with Crippen molar-refractivity contribution in [2.75, 3.05) is 0 Å². The van der Waals surface area contributed by atoms with Crippen LogP contribution in [0.15, 0.2) is 36.7 Å². The van der Waals surface area contributed by atoms with Crippen LogP contribution >= 0.6 is 23.2 Å². The molecule has 0 fully saturated rings. The largest absolute Gasteiger partial charge is 0.236 e. The van der Waals surface area contributed by atoms with Crippen molar-refractivity contribution in [3.63, 3.8) is 0 Å². The Balaban J connectivity index is 2.55. The Morgan fingerprint density at radius 3 is 2.50 bits per heavy atom. The van der Waals surface area contributed by atoms with Crippen molar-refractivity contribution in [3.05, 3.63) is 46.8 Å². The summed E-state index contributed by atoms with van der Waals surface area (Å²) in [5.74, 6) is 0. The van der Waals surface area contributed by atoms with Crippen LogP contribution in [0, 0.1) is 0 Å². The summed E-state index contributed by atoms with van der Waals surface area (Å²) in [6, 6.07) is 9.16. The van der Waals surface area contributed by atoms with Crippen LogP contribution in [0.4, 0.5) is 0 Å². The number of aromatic nitrogens is 2. The standard InChI is InChI=1S/C10H6Cl2N2/c11-8-4-2-1-3-7(8)9-5-10(12)14-6-13-9/h1-6H. The van der Waals surface area contributed by atoms with Crippen LogP contribution in [-0.4, -0.2) is 9.97 Å². The molecule has 70 valence electrons. The zero-order chi connectivity index (χ0) is 9.97. The van der Waals surface area contributed by atoms with E-state index in [-0.39, 0.29) is 0 Å². The molecule has 0 aliphatic carbocycles. The van der Waals surface area contributed by atoms with E-state index in [4.69, 9.17) is 23.2 Å². The molecule has 14 heavy (non-hydrogen) atoms. The van der Waals surface area contributed by atoms with Crippen molar-refractivity contribution in [1.82, 2.24) is 9.97 Å². The van der Waals surface area contributed by atoms with Crippen LogP contribution in [0.3, 0.4) is 0 Å². The average molecular weight is 225 g/mol. The second-order valence-corrected chi connectivity index (χ2v) is 3.50. The van der Waals surface area contributed by atoms with Crippen LogP contribution in [0.5, 0.6) is 0 Å². The molecular formula is C10H6Cl2N2. The summed E-state index contributed by atoms with van der Waals surface area (Å²) in [6.45, 7) is 0. The molecule has 0 aliphatic heterocycles. The number of rotatable bonds is 1. The molecule has 2 aromatic rings. The number of nitrogens with zero attached hydrogens (tertiary/aromatic N) is 2. The van der Waals surface area contributed by atoms with Crippen LogP contribution < -0.4 is 0 Å². The van der Waals surface area contributed by atoms with E-state index < -0.39 is 0 Å². The number of benzene rings is 1. The highest BCUT2D eigenvalue weighted by atomic mass is 35.5. The zero-order valence-corrected chi connectivity index (χ0v) is 8.63. The third-order valence-corrected chi connectivity index (χ3v) is 2.32. The van der Waals surface area contributed by atoms with Gasteiger partial charge in [-0.25, -0.2) is 9.97 Å². The van der Waals surface area contributed by atoms with Gasteiger partial charge in [0, 0.05) is 16.7 Å². The van der Waals surface area contributed by atoms with E-state index in [0.29, 0.717) is 10.2 Å². The molecule has 0 N–H and O–H groups in total. The Morgan fingerprint density at radius 1 is 1.00 bits per heavy atom. The van der Waals surface area contributed by atoms with Gasteiger partial charge in [0.05, 0.1) is 5.69 Å². The van der Waals surface area contributed by atoms with Gasteiger partial charge in [0.1, 0.15) is 11.5 Å². The molecule has 2 nitrogen and oxygen atoms in total. The Kier molecular flexibility index (Phi) is 2.66. The van der Waals surface area contributed by atoms with Gasteiger partial charge in [-0.3, -0.25) is 0 Å². The minimum absolute atomic E-state index is 0.412. The Bertz CT molecular complexity index is 457. The monoisotopic (exact) mass is 224 g/mol. The SMILES string of the molecule is Clc1cc(-c2ccccc2Cl)ncn1. The zero-order valence-electron chi connectivity index (χ0n) is 7.11. The first-order valence-corrected chi connectivity index (χ1v) is 4.75. The summed E-state index contributed by atoms with van der Waals surface area (Å²) in [6.07, 6.45) is 1.42. The van der Waals surface area contributed by atoms with E-state index in [1.54, 1.807) is 6.07 Å². The van der Waals surface area contributed by atoms with E-state index in [0.717, 1.165) is 11.3 Å². The molecule has 0 saturated carbocycles. The molecule has 0 saturated heterocycles. The summed E-state index contributed by atoms with van der Waals surface area (Å²) in [5, 5.41) is 1.07. The van der Waals surface area contributed by atoms with Crippen molar-refractivity contribution in [2.45, 2.75) is 0 Å². The summed E-state index contributed by atoms with van der Waals surface area (Å²) < 4.78 is 0. The van der Waals surface area contributed by atoms with Crippen molar-refractivity contribution in [1.29, 1.82) is 0 Å². The minimum atomic E-state index is 0.412. The molecule has 0 spiro atoms. The predicted molar refractivity (Wildman–Crippen MR) is 57.5 cm³/mol. The summed E-state index contributed by atoms with van der Waals surface area (Å²) in [4.78, 5) is 7.90. The van der Waals surface area contributed by atoms with Crippen LogP contribution in [0.25, 0.3) is 11.3 Å². The maximum atomic E-state index is 6.01. The third kappa shape index (κ3) is 1.86. The lowest BCUT2D eigenvalue weighted by Crippen LogP contribution is -1.85. The van der Waals surface area contributed by atoms with Crippen molar-refractivity contribution in [3.8, 4) is 11.3 Å². The molecule has 4 heteroatoms. The summed E-state index contributed by atoms with van der Waals surface area (Å²) in [5.41, 5.74) is 1.59. The van der Waals surface area contributed by atoms with Gasteiger partial charge in [0.2, 0.25) is 0 Å². The van der Waals surface area contributed by atoms with Crippen molar-refractivity contribution >= 4 is 23.2 Å². The maximum absolute atomic E-state index is 6.01. The fraction of sp³-hybridized carbons (Fsp3) is 0. The number of halogens is 2. The van der Waals surface area contributed by atoms with Gasteiger partial charge in [-0.2, -0.15) is 0 Å². The lowest BCUT2D eigenvalue weighted by atomic mass is 10.1. The quantitative estimate of drug-likeness (QED) is 0.694. The van der Waals surface area contributed by atoms with E-state index >= 15 is 0 Å². The summed E-state index contributed by atoms with van der Waals surface area (Å²) in [7, 11) is 0. The maximum Gasteiger partial charge on any atom is 0.133 e. The Morgan fingerprint density at radius 2 is 1.79 bits per heavy atom. The molecule has 0 amide bonds. The van der Waals surface area contributed by atoms with Gasteiger partial charge in [-0.05, 0) is 6.07 Å². The first-order valence-electron chi connectivity index (χ1n) is 4.00. The molecule has 0 bridgehead atoms. The van der Waals surface area contributed by atoms with Gasteiger partial charge in [-0.1, -0.05) is 41.4 Å². The first kappa shape index (κ1) is 9.44. The molecule has 2 rings (SSSR count). The molecule has 1 aromatic heterocycles. The first-order chi connectivity index (χ1) is 6.77. The van der Waals surface area contributed by atoms with Crippen LogP contribution in [0.1, 0.15) is 0 Å². The number of hydrogen-bond donors (Lipinski definition) is 0. The molecular weight excluding hydrogens is 219 g/mol. The lowest BCUT2D eigenvalue weighted by Gasteiger charge is -2.02. The molecule has 1 aromatic carbocycles. The van der Waals surface area contributed by atoms with Gasteiger partial charge < -0.3 is 0 Å². The topological polar surface area (TPSA) is 25.8 Å². The fourth-order valence-electron chi connectivity index (χ4n) is 1.15. The smallest absolute Gasteiger partial charge is 0.133 e. The fourth-order valence-corrected chi connectivity index (χ4v) is 1.53. The van der Waals surface area contributed by atoms with Crippen LogP contribution in [-0.2, 0) is 0 Å². The van der Waals surface area contributed by atoms with Crippen LogP contribution in [0.2, 0.25) is 10.2 Å². The van der Waals surface area contributed by atoms with Crippen molar-refractivity contribution < 1.29 is 0 Å². The van der Waals surface area contributed by atoms with Gasteiger partial charge in [0.25, 0.3) is 0 Å². The molecule has 0 radical (unpaired) electrons. The molecule has 0 unspecified atom stereocenters. The van der Waals surface area contributed by atoms with Gasteiger partial charge in [0.15, 0.2) is 0 Å². The minimum Gasteiger partial charge on any atom is -0.236 e. The highest BCUT2D eigenvalue weighted by Crippen LogP contribution is 2.26. The lowest BCUT2D eigenvalue weighted by molar-refractivity contribution is 1.17. The second kappa shape index (κ2) is 3.95. The van der Waals surface area contributed by atoms with Gasteiger partial charge in [-0.15, -0.1) is 0 Å². The van der Waals surface area contributed by atoms with Crippen molar-refractivity contribution in [2.24, 2.45) is 0 Å². The number of hydrogen-bond acceptors (Lipinski definition) is 2. The molecule has 0 atom stereocenters. The predicted octanol–water partition coefficient (Wildman–Crippen LogP) is 3.45. The Hall–Kier alpha value is -1.12. The summed E-state index contributed by atoms with van der Waals surface area (Å²) >= 11 is 11.8. The van der Waals surface area contributed by atoms with E-state index in [1.165, 1.54) is 6.33 Å². The highest BCUT2D eigenvalue weighted by molar-refractivity contribution is 6.33. The van der Waals surface area contributed by atoms with E-state index in [1.807, 2.05) is 24.3 Å². The normalized spacial score (nSPS) is 10.1. The third-order valence-electron chi connectivity index (χ3n) is 1.78. The average Bonchev–Trinajstić information content (AvgIpc) is 2.18. The molecule has 1 heterocycles. The van der Waals surface area contributed by atoms with E-state index in [2.05, 4.69) is 9.97 Å².